The minimum atomic E-state index is 0.769. The van der Waals surface area contributed by atoms with E-state index in [1.165, 1.54) is 25.7 Å². The zero-order valence-electron chi connectivity index (χ0n) is 12.7. The number of allylic oxidation sites excluding steroid dienone is 1. The summed E-state index contributed by atoms with van der Waals surface area (Å²) in [5.41, 5.74) is 2.45. The molecule has 3 nitrogen and oxygen atoms in total. The van der Waals surface area contributed by atoms with E-state index in [9.17, 15) is 0 Å². The van der Waals surface area contributed by atoms with E-state index in [4.69, 9.17) is 9.15 Å². The maximum absolute atomic E-state index is 5.88. The summed E-state index contributed by atoms with van der Waals surface area (Å²) < 4.78 is 11.2. The predicted octanol–water partition coefficient (Wildman–Crippen LogP) is 4.42. The second kappa shape index (κ2) is 6.81. The van der Waals surface area contributed by atoms with Crippen LogP contribution in [-0.4, -0.2) is 13.7 Å². The normalized spacial score (nSPS) is 15.2. The molecule has 0 amide bonds. The number of ether oxygens (including phenoxy) is 1. The van der Waals surface area contributed by atoms with Gasteiger partial charge in [0, 0.05) is 5.39 Å². The van der Waals surface area contributed by atoms with Gasteiger partial charge in [-0.1, -0.05) is 23.8 Å². The quantitative estimate of drug-likeness (QED) is 0.630. The minimum Gasteiger partial charge on any atom is -0.493 e. The van der Waals surface area contributed by atoms with Crippen molar-refractivity contribution in [3.8, 4) is 5.75 Å². The molecular weight excluding hydrogens is 262 g/mol. The van der Waals surface area contributed by atoms with Crippen LogP contribution in [0.3, 0.4) is 0 Å². The first-order valence-electron chi connectivity index (χ1n) is 7.81. The highest BCUT2D eigenvalue weighted by molar-refractivity contribution is 5.83. The van der Waals surface area contributed by atoms with Crippen LogP contribution in [-0.2, 0) is 6.54 Å². The van der Waals surface area contributed by atoms with Crippen LogP contribution in [0, 0.1) is 0 Å². The largest absolute Gasteiger partial charge is 0.493 e. The summed E-state index contributed by atoms with van der Waals surface area (Å²) in [6.45, 7) is 1.78. The predicted molar refractivity (Wildman–Crippen MR) is 85.6 cm³/mol. The molecule has 3 heteroatoms. The summed E-state index contributed by atoms with van der Waals surface area (Å²) in [7, 11) is 1.67. The Morgan fingerprint density at radius 1 is 1.29 bits per heavy atom. The van der Waals surface area contributed by atoms with Gasteiger partial charge in [0.15, 0.2) is 11.3 Å². The molecule has 0 saturated heterocycles. The second-order valence-electron chi connectivity index (χ2n) is 5.63. The Hall–Kier alpha value is -1.74. The molecule has 112 valence electrons. The smallest absolute Gasteiger partial charge is 0.176 e. The fourth-order valence-electron chi connectivity index (χ4n) is 2.93. The fraction of sp³-hybridized carbons (Fsp3) is 0.444. The Labute approximate surface area is 126 Å². The zero-order chi connectivity index (χ0) is 14.5. The highest BCUT2D eigenvalue weighted by Gasteiger charge is 2.08. The van der Waals surface area contributed by atoms with Gasteiger partial charge in [0.2, 0.25) is 0 Å². The van der Waals surface area contributed by atoms with E-state index < -0.39 is 0 Å². The van der Waals surface area contributed by atoms with Crippen molar-refractivity contribution in [2.75, 3.05) is 13.7 Å². The van der Waals surface area contributed by atoms with Crippen LogP contribution in [0.5, 0.6) is 5.75 Å². The van der Waals surface area contributed by atoms with E-state index in [1.807, 2.05) is 12.1 Å². The van der Waals surface area contributed by atoms with Crippen LogP contribution in [0.1, 0.15) is 37.9 Å². The van der Waals surface area contributed by atoms with Gasteiger partial charge in [-0.25, -0.2) is 0 Å². The molecule has 3 rings (SSSR count). The number of para-hydroxylation sites is 1. The number of methoxy groups -OCH3 is 1. The van der Waals surface area contributed by atoms with Crippen molar-refractivity contribution >= 4 is 11.0 Å². The molecule has 0 fully saturated rings. The van der Waals surface area contributed by atoms with E-state index in [2.05, 4.69) is 23.5 Å². The molecule has 0 spiro atoms. The lowest BCUT2D eigenvalue weighted by Gasteiger charge is -2.12. The molecule has 0 aliphatic heterocycles. The molecule has 0 saturated carbocycles. The Kier molecular flexibility index (Phi) is 4.61. The second-order valence-corrected chi connectivity index (χ2v) is 5.63. The monoisotopic (exact) mass is 285 g/mol. The third kappa shape index (κ3) is 3.48. The van der Waals surface area contributed by atoms with Crippen molar-refractivity contribution in [1.82, 2.24) is 5.32 Å². The van der Waals surface area contributed by atoms with Crippen LogP contribution in [0.2, 0.25) is 0 Å². The standard InChI is InChI=1S/C18H23NO2/c1-20-17-9-5-8-15-12-16(21-18(15)17)13-19-11-10-14-6-3-2-4-7-14/h5-6,8-9,12,19H,2-4,7,10-11,13H2,1H3. The van der Waals surface area contributed by atoms with E-state index in [0.717, 1.165) is 42.0 Å². The van der Waals surface area contributed by atoms with E-state index in [1.54, 1.807) is 12.7 Å². The maximum Gasteiger partial charge on any atom is 0.176 e. The van der Waals surface area contributed by atoms with Gasteiger partial charge in [-0.15, -0.1) is 0 Å². The molecule has 0 bridgehead atoms. The Morgan fingerprint density at radius 2 is 2.24 bits per heavy atom. The number of hydrogen-bond donors (Lipinski definition) is 1. The molecule has 0 radical (unpaired) electrons. The molecule has 1 aliphatic rings. The number of hydrogen-bond acceptors (Lipinski definition) is 3. The third-order valence-corrected chi connectivity index (χ3v) is 4.09. The molecule has 1 aromatic heterocycles. The molecular formula is C18H23NO2. The van der Waals surface area contributed by atoms with Crippen molar-refractivity contribution in [1.29, 1.82) is 0 Å². The summed E-state index contributed by atoms with van der Waals surface area (Å²) in [4.78, 5) is 0. The molecule has 2 aromatic rings. The van der Waals surface area contributed by atoms with Crippen LogP contribution < -0.4 is 10.1 Å². The zero-order valence-corrected chi connectivity index (χ0v) is 12.7. The minimum absolute atomic E-state index is 0.769. The molecule has 1 N–H and O–H groups in total. The van der Waals surface area contributed by atoms with Gasteiger partial charge in [-0.05, 0) is 50.8 Å². The molecule has 1 aromatic carbocycles. The summed E-state index contributed by atoms with van der Waals surface area (Å²) >= 11 is 0. The molecule has 21 heavy (non-hydrogen) atoms. The number of fused-ring (bicyclic) bond motifs is 1. The van der Waals surface area contributed by atoms with Crippen LogP contribution in [0.4, 0.5) is 0 Å². The Bertz CT molecular complexity index is 627. The average Bonchev–Trinajstić information content (AvgIpc) is 2.95. The van der Waals surface area contributed by atoms with Gasteiger partial charge in [-0.2, -0.15) is 0 Å². The van der Waals surface area contributed by atoms with Gasteiger partial charge < -0.3 is 14.5 Å². The van der Waals surface area contributed by atoms with Gasteiger partial charge in [0.1, 0.15) is 5.76 Å². The SMILES string of the molecule is COc1cccc2cc(CNCCC3=CCCCC3)oc12. The summed E-state index contributed by atoms with van der Waals surface area (Å²) in [6.07, 6.45) is 8.83. The van der Waals surface area contributed by atoms with E-state index >= 15 is 0 Å². The van der Waals surface area contributed by atoms with E-state index in [0.29, 0.717) is 0 Å². The topological polar surface area (TPSA) is 34.4 Å². The van der Waals surface area contributed by atoms with E-state index in [-0.39, 0.29) is 0 Å². The van der Waals surface area contributed by atoms with Crippen molar-refractivity contribution in [3.63, 3.8) is 0 Å². The Morgan fingerprint density at radius 3 is 3.05 bits per heavy atom. The van der Waals surface area contributed by atoms with Crippen molar-refractivity contribution in [2.45, 2.75) is 38.6 Å². The van der Waals surface area contributed by atoms with Gasteiger partial charge in [0.25, 0.3) is 0 Å². The lowest BCUT2D eigenvalue weighted by atomic mass is 9.97. The Balaban J connectivity index is 1.54. The van der Waals surface area contributed by atoms with Gasteiger partial charge in [0.05, 0.1) is 13.7 Å². The van der Waals surface area contributed by atoms with Crippen LogP contribution >= 0.6 is 0 Å². The number of nitrogens with one attached hydrogen (secondary N) is 1. The molecule has 0 atom stereocenters. The first-order valence-corrected chi connectivity index (χ1v) is 7.81. The lowest BCUT2D eigenvalue weighted by molar-refractivity contribution is 0.406. The van der Waals surface area contributed by atoms with Crippen molar-refractivity contribution in [3.05, 3.63) is 41.7 Å². The van der Waals surface area contributed by atoms with Gasteiger partial charge >= 0.3 is 0 Å². The number of furan rings is 1. The lowest BCUT2D eigenvalue weighted by Crippen LogP contribution is -2.15. The fourth-order valence-corrected chi connectivity index (χ4v) is 2.93. The molecule has 1 aliphatic carbocycles. The summed E-state index contributed by atoms with van der Waals surface area (Å²) in [5.74, 6) is 1.76. The average molecular weight is 285 g/mol. The van der Waals surface area contributed by atoms with Crippen molar-refractivity contribution < 1.29 is 9.15 Å². The number of benzene rings is 1. The van der Waals surface area contributed by atoms with Crippen molar-refractivity contribution in [2.24, 2.45) is 0 Å². The highest BCUT2D eigenvalue weighted by Crippen LogP contribution is 2.28. The molecule has 1 heterocycles. The summed E-state index contributed by atoms with van der Waals surface area (Å²) in [6, 6.07) is 8.06. The third-order valence-electron chi connectivity index (χ3n) is 4.09. The highest BCUT2D eigenvalue weighted by atomic mass is 16.5. The number of rotatable bonds is 6. The first-order chi connectivity index (χ1) is 10.4. The van der Waals surface area contributed by atoms with Crippen LogP contribution in [0.25, 0.3) is 11.0 Å². The van der Waals surface area contributed by atoms with Gasteiger partial charge in [-0.3, -0.25) is 0 Å². The first kappa shape index (κ1) is 14.2. The maximum atomic E-state index is 5.88. The van der Waals surface area contributed by atoms with Crippen LogP contribution in [0.15, 0.2) is 40.3 Å². The molecule has 0 unspecified atom stereocenters. The summed E-state index contributed by atoms with van der Waals surface area (Å²) in [5, 5.41) is 4.57.